The summed E-state index contributed by atoms with van der Waals surface area (Å²) < 4.78 is 10.6. The molecule has 0 radical (unpaired) electrons. The maximum Gasteiger partial charge on any atom is 0.252 e. The largest absolute Gasteiger partial charge is 0.493 e. The van der Waals surface area contributed by atoms with Crippen LogP contribution in [0, 0.1) is 0 Å². The van der Waals surface area contributed by atoms with Crippen LogP contribution >= 0.6 is 0 Å². The van der Waals surface area contributed by atoms with Crippen LogP contribution in [-0.2, 0) is 16.0 Å². The van der Waals surface area contributed by atoms with Crippen molar-refractivity contribution in [1.82, 2.24) is 4.90 Å². The molecule has 0 spiro atoms. The molecule has 1 N–H and O–H groups in total. The first-order valence-electron chi connectivity index (χ1n) is 9.52. The van der Waals surface area contributed by atoms with Crippen molar-refractivity contribution in [1.29, 1.82) is 0 Å². The third-order valence-electron chi connectivity index (χ3n) is 5.04. The molecule has 0 aromatic heterocycles. The van der Waals surface area contributed by atoms with Gasteiger partial charge in [0.2, 0.25) is 5.91 Å². The van der Waals surface area contributed by atoms with Gasteiger partial charge in [0.05, 0.1) is 20.6 Å². The number of benzene rings is 2. The maximum absolute atomic E-state index is 12.7. The molecule has 1 fully saturated rings. The van der Waals surface area contributed by atoms with Crippen molar-refractivity contribution in [2.45, 2.75) is 18.9 Å². The first-order valence-corrected chi connectivity index (χ1v) is 9.52. The minimum Gasteiger partial charge on any atom is -0.493 e. The quantitative estimate of drug-likeness (QED) is 0.691. The van der Waals surface area contributed by atoms with E-state index in [0.29, 0.717) is 24.5 Å². The van der Waals surface area contributed by atoms with E-state index in [0.717, 1.165) is 16.9 Å². The number of nitrogens with one attached hydrogen (secondary N) is 1. The van der Waals surface area contributed by atoms with Crippen molar-refractivity contribution >= 4 is 23.2 Å². The molecule has 0 saturated carbocycles. The van der Waals surface area contributed by atoms with Gasteiger partial charge in [0.15, 0.2) is 11.5 Å². The molecule has 1 heterocycles. The van der Waals surface area contributed by atoms with Crippen molar-refractivity contribution in [3.63, 3.8) is 0 Å². The Bertz CT molecular complexity index is 880. The second-order valence-electron chi connectivity index (χ2n) is 7.17. The number of rotatable bonds is 8. The molecule has 2 amide bonds. The molecule has 29 heavy (non-hydrogen) atoms. The zero-order valence-electron chi connectivity index (χ0n) is 17.3. The normalized spacial score (nSPS) is 16.1. The molecule has 2 aromatic rings. The highest BCUT2D eigenvalue weighted by molar-refractivity contribution is 6.06. The van der Waals surface area contributed by atoms with E-state index in [1.807, 2.05) is 61.5 Å². The van der Waals surface area contributed by atoms with Crippen LogP contribution in [0.5, 0.6) is 11.5 Å². The molecule has 7 heteroatoms. The summed E-state index contributed by atoms with van der Waals surface area (Å²) in [6, 6.07) is 12.8. The second kappa shape index (κ2) is 8.86. The lowest BCUT2D eigenvalue weighted by molar-refractivity contribution is -0.138. The maximum atomic E-state index is 12.7. The molecule has 154 valence electrons. The molecule has 1 aliphatic rings. The van der Waals surface area contributed by atoms with Gasteiger partial charge in [-0.1, -0.05) is 6.07 Å². The topological polar surface area (TPSA) is 71.1 Å². The Morgan fingerprint density at radius 2 is 1.72 bits per heavy atom. The predicted octanol–water partition coefficient (Wildman–Crippen LogP) is 2.55. The monoisotopic (exact) mass is 397 g/mol. The van der Waals surface area contributed by atoms with Gasteiger partial charge in [0.1, 0.15) is 6.04 Å². The smallest absolute Gasteiger partial charge is 0.252 e. The number of ether oxygens (including phenoxy) is 2. The zero-order chi connectivity index (χ0) is 21.0. The Kier molecular flexibility index (Phi) is 6.26. The molecule has 1 aliphatic heterocycles. The van der Waals surface area contributed by atoms with Gasteiger partial charge in [0, 0.05) is 32.0 Å². The van der Waals surface area contributed by atoms with Gasteiger partial charge in [-0.3, -0.25) is 14.5 Å². The summed E-state index contributed by atoms with van der Waals surface area (Å²) >= 11 is 0. The van der Waals surface area contributed by atoms with E-state index in [4.69, 9.17) is 9.47 Å². The summed E-state index contributed by atoms with van der Waals surface area (Å²) in [5.74, 6) is 0.934. The molecule has 2 aromatic carbocycles. The van der Waals surface area contributed by atoms with E-state index in [1.165, 1.54) is 4.90 Å². The number of likely N-dealkylation sites (tertiary alicyclic amines) is 1. The fourth-order valence-electron chi connectivity index (χ4n) is 3.36. The first-order chi connectivity index (χ1) is 13.9. The number of carbonyl (C=O) groups excluding carboxylic acids is 2. The fourth-order valence-corrected chi connectivity index (χ4v) is 3.36. The Morgan fingerprint density at radius 1 is 1.03 bits per heavy atom. The summed E-state index contributed by atoms with van der Waals surface area (Å²) in [5, 5.41) is 3.18. The molecule has 1 atom stereocenters. The molecule has 3 rings (SSSR count). The number of hydrogen-bond acceptors (Lipinski definition) is 6. The summed E-state index contributed by atoms with van der Waals surface area (Å²) in [6.45, 7) is 0.338. The summed E-state index contributed by atoms with van der Waals surface area (Å²) in [6.07, 6.45) is 0.724. The van der Waals surface area contributed by atoms with Crippen LogP contribution in [0.2, 0.25) is 0 Å². The second-order valence-corrected chi connectivity index (χ2v) is 7.17. The molecule has 0 bridgehead atoms. The Balaban J connectivity index is 1.61. The highest BCUT2D eigenvalue weighted by Gasteiger charge is 2.38. The van der Waals surface area contributed by atoms with Crippen LogP contribution < -0.4 is 19.7 Å². The van der Waals surface area contributed by atoms with E-state index in [2.05, 4.69) is 5.32 Å². The average molecular weight is 397 g/mol. The number of carbonyl (C=O) groups is 2. The molecule has 0 aliphatic carbocycles. The predicted molar refractivity (Wildman–Crippen MR) is 113 cm³/mol. The Labute approximate surface area is 171 Å². The zero-order valence-corrected chi connectivity index (χ0v) is 17.3. The van der Waals surface area contributed by atoms with Crippen molar-refractivity contribution in [3.05, 3.63) is 48.0 Å². The number of amides is 2. The highest BCUT2D eigenvalue weighted by atomic mass is 16.5. The number of anilines is 2. The fraction of sp³-hybridized carbons (Fsp3) is 0.364. The molecular formula is C22H27N3O4. The van der Waals surface area contributed by atoms with Gasteiger partial charge in [0.25, 0.3) is 5.91 Å². The van der Waals surface area contributed by atoms with Gasteiger partial charge >= 0.3 is 0 Å². The standard InChI is InChI=1S/C22H27N3O4/c1-24(2)17-8-6-16(7-9-17)23-18-14-21(26)25(22(18)27)12-11-15-5-10-19(28-3)20(13-15)29-4/h5-10,13,18,23H,11-12,14H2,1-4H3/t18-/m1/s1. The van der Waals surface area contributed by atoms with Crippen molar-refractivity contribution in [2.75, 3.05) is 45.1 Å². The third kappa shape index (κ3) is 4.62. The van der Waals surface area contributed by atoms with Crippen molar-refractivity contribution < 1.29 is 19.1 Å². The van der Waals surface area contributed by atoms with Crippen LogP contribution in [-0.4, -0.2) is 57.6 Å². The van der Waals surface area contributed by atoms with E-state index in [9.17, 15) is 9.59 Å². The van der Waals surface area contributed by atoms with Gasteiger partial charge in [-0.05, 0) is 48.4 Å². The lowest BCUT2D eigenvalue weighted by Gasteiger charge is -2.17. The van der Waals surface area contributed by atoms with E-state index < -0.39 is 6.04 Å². The Hall–Kier alpha value is -3.22. The Morgan fingerprint density at radius 3 is 2.34 bits per heavy atom. The molecule has 0 unspecified atom stereocenters. The minimum absolute atomic E-state index is 0.155. The van der Waals surface area contributed by atoms with E-state index in [-0.39, 0.29) is 18.2 Å². The van der Waals surface area contributed by atoms with Gasteiger partial charge in [-0.15, -0.1) is 0 Å². The summed E-state index contributed by atoms with van der Waals surface area (Å²) in [7, 11) is 7.10. The highest BCUT2D eigenvalue weighted by Crippen LogP contribution is 2.28. The van der Waals surface area contributed by atoms with Gasteiger partial charge in [-0.25, -0.2) is 0 Å². The molecule has 1 saturated heterocycles. The lowest BCUT2D eigenvalue weighted by Crippen LogP contribution is -2.36. The average Bonchev–Trinajstić information content (AvgIpc) is 2.99. The minimum atomic E-state index is -0.530. The lowest BCUT2D eigenvalue weighted by atomic mass is 10.1. The van der Waals surface area contributed by atoms with Crippen molar-refractivity contribution in [3.8, 4) is 11.5 Å². The summed E-state index contributed by atoms with van der Waals surface area (Å²) in [4.78, 5) is 28.5. The van der Waals surface area contributed by atoms with Crippen LogP contribution in [0.1, 0.15) is 12.0 Å². The van der Waals surface area contributed by atoms with Gasteiger partial charge < -0.3 is 19.7 Å². The van der Waals surface area contributed by atoms with E-state index in [1.54, 1.807) is 14.2 Å². The number of methoxy groups -OCH3 is 2. The van der Waals surface area contributed by atoms with Crippen molar-refractivity contribution in [2.24, 2.45) is 0 Å². The first kappa shape index (κ1) is 20.5. The number of imide groups is 1. The van der Waals surface area contributed by atoms with Crippen LogP contribution in [0.4, 0.5) is 11.4 Å². The van der Waals surface area contributed by atoms with Crippen LogP contribution in [0.3, 0.4) is 0 Å². The third-order valence-corrected chi connectivity index (χ3v) is 5.04. The number of hydrogen-bond donors (Lipinski definition) is 1. The van der Waals surface area contributed by atoms with E-state index >= 15 is 0 Å². The number of nitrogens with zero attached hydrogens (tertiary/aromatic N) is 2. The SMILES string of the molecule is COc1ccc(CCN2C(=O)C[C@@H](Nc3ccc(N(C)C)cc3)C2=O)cc1OC. The van der Waals surface area contributed by atoms with Gasteiger partial charge in [-0.2, -0.15) is 0 Å². The molecular weight excluding hydrogens is 370 g/mol. The molecule has 7 nitrogen and oxygen atoms in total. The van der Waals surface area contributed by atoms with Crippen LogP contribution in [0.25, 0.3) is 0 Å². The van der Waals surface area contributed by atoms with Crippen LogP contribution in [0.15, 0.2) is 42.5 Å². The summed E-state index contributed by atoms with van der Waals surface area (Å²) in [5.41, 5.74) is 2.86.